The van der Waals surface area contributed by atoms with Gasteiger partial charge in [-0.2, -0.15) is 0 Å². The molecule has 3 atom stereocenters. The van der Waals surface area contributed by atoms with E-state index >= 15 is 4.39 Å². The first-order valence-electron chi connectivity index (χ1n) is 14.3. The summed E-state index contributed by atoms with van der Waals surface area (Å²) in [7, 11) is 1.26. The van der Waals surface area contributed by atoms with Crippen LogP contribution in [0.15, 0.2) is 47.0 Å². The molecule has 0 spiro atoms. The van der Waals surface area contributed by atoms with Gasteiger partial charge in [0.25, 0.3) is 0 Å². The Morgan fingerprint density at radius 1 is 1.10 bits per heavy atom. The highest BCUT2D eigenvalue weighted by molar-refractivity contribution is 5.89. The van der Waals surface area contributed by atoms with Crippen LogP contribution in [0.4, 0.5) is 23.2 Å². The van der Waals surface area contributed by atoms with Crippen LogP contribution in [0.3, 0.4) is 0 Å². The highest BCUT2D eigenvalue weighted by Crippen LogP contribution is 2.46. The highest BCUT2D eigenvalue weighted by Gasteiger charge is 2.38. The third-order valence-corrected chi connectivity index (χ3v) is 8.46. The van der Waals surface area contributed by atoms with Gasteiger partial charge in [0.05, 0.1) is 31.1 Å². The number of carbonyl (C=O) groups excluding carboxylic acids is 1. The van der Waals surface area contributed by atoms with Crippen molar-refractivity contribution < 1.29 is 41.1 Å². The molecule has 2 saturated carbocycles. The Labute approximate surface area is 240 Å². The molecule has 0 amide bonds. The van der Waals surface area contributed by atoms with E-state index in [1.165, 1.54) is 31.4 Å². The number of halogens is 4. The largest absolute Gasteiger partial charge is 0.573 e. The van der Waals surface area contributed by atoms with Gasteiger partial charge in [-0.25, -0.2) is 9.18 Å². The fourth-order valence-electron chi connectivity index (χ4n) is 6.43. The van der Waals surface area contributed by atoms with E-state index in [-0.39, 0.29) is 41.5 Å². The Bertz CT molecular complexity index is 1440. The summed E-state index contributed by atoms with van der Waals surface area (Å²) in [6.07, 6.45) is 1.18. The minimum atomic E-state index is -4.85. The number of alkyl halides is 3. The first-order chi connectivity index (χ1) is 20.2. The maximum atomic E-state index is 15.2. The lowest BCUT2D eigenvalue weighted by Crippen LogP contribution is -2.42. The van der Waals surface area contributed by atoms with Gasteiger partial charge in [0.2, 0.25) is 0 Å². The van der Waals surface area contributed by atoms with Crippen molar-refractivity contribution in [3.05, 3.63) is 65.2 Å². The normalized spacial score (nSPS) is 22.5. The number of hydrogen-bond donors (Lipinski definition) is 0. The number of methoxy groups -OCH3 is 1. The van der Waals surface area contributed by atoms with Crippen LogP contribution in [0, 0.1) is 11.7 Å². The Morgan fingerprint density at radius 2 is 1.90 bits per heavy atom. The van der Waals surface area contributed by atoms with Crippen LogP contribution in [0.25, 0.3) is 11.3 Å². The molecule has 2 aliphatic carbocycles. The van der Waals surface area contributed by atoms with Gasteiger partial charge in [-0.05, 0) is 81.2 Å². The first kappa shape index (κ1) is 28.5. The molecule has 2 bridgehead atoms. The van der Waals surface area contributed by atoms with Crippen LogP contribution in [0.2, 0.25) is 0 Å². The van der Waals surface area contributed by atoms with Gasteiger partial charge in [-0.3, -0.25) is 0 Å². The highest BCUT2D eigenvalue weighted by atomic mass is 19.4. The first-order valence-corrected chi connectivity index (χ1v) is 14.3. The molecule has 224 valence electrons. The second-order valence-electron chi connectivity index (χ2n) is 11.3. The van der Waals surface area contributed by atoms with Crippen molar-refractivity contribution in [3.8, 4) is 17.0 Å². The quantitative estimate of drug-likeness (QED) is 0.201. The molecule has 2 aromatic carbocycles. The lowest BCUT2D eigenvalue weighted by atomic mass is 9.82. The van der Waals surface area contributed by atoms with Gasteiger partial charge in [-0.15, -0.1) is 13.2 Å². The van der Waals surface area contributed by atoms with Gasteiger partial charge in [0, 0.05) is 29.6 Å². The van der Waals surface area contributed by atoms with Gasteiger partial charge < -0.3 is 23.6 Å². The van der Waals surface area contributed by atoms with E-state index in [0.29, 0.717) is 41.6 Å². The molecule has 7 nitrogen and oxygen atoms in total. The Balaban J connectivity index is 1.22. The number of para-hydroxylation sites is 1. The molecule has 0 radical (unpaired) electrons. The second-order valence-corrected chi connectivity index (χ2v) is 11.3. The Morgan fingerprint density at radius 3 is 2.64 bits per heavy atom. The van der Waals surface area contributed by atoms with E-state index < -0.39 is 18.1 Å². The number of hydrogen-bond acceptors (Lipinski definition) is 7. The molecule has 3 unspecified atom stereocenters. The molecule has 6 rings (SSSR count). The van der Waals surface area contributed by atoms with Crippen LogP contribution in [0.1, 0.15) is 72.5 Å². The molecule has 1 saturated heterocycles. The van der Waals surface area contributed by atoms with Gasteiger partial charge in [-0.1, -0.05) is 17.3 Å². The summed E-state index contributed by atoms with van der Waals surface area (Å²) in [5, 5.41) is 4.18. The summed E-state index contributed by atoms with van der Waals surface area (Å²) in [4.78, 5) is 14.0. The molecule has 3 aliphatic rings. The predicted molar refractivity (Wildman–Crippen MR) is 145 cm³/mol. The number of rotatable bonds is 8. The molecule has 3 aromatic rings. The number of carbonyl (C=O) groups is 1. The molecule has 0 N–H and O–H groups in total. The van der Waals surface area contributed by atoms with Gasteiger partial charge >= 0.3 is 12.3 Å². The second kappa shape index (κ2) is 11.6. The number of anilines is 1. The molecule has 3 fully saturated rings. The molecule has 2 heterocycles. The molecule has 42 heavy (non-hydrogen) atoms. The summed E-state index contributed by atoms with van der Waals surface area (Å²) in [5.41, 5.74) is 1.74. The molecular formula is C31H32F4N2O5. The summed E-state index contributed by atoms with van der Waals surface area (Å²) >= 11 is 0. The third-order valence-electron chi connectivity index (χ3n) is 8.46. The zero-order valence-electron chi connectivity index (χ0n) is 23.2. The van der Waals surface area contributed by atoms with E-state index in [4.69, 9.17) is 14.0 Å². The zero-order chi connectivity index (χ0) is 29.4. The van der Waals surface area contributed by atoms with Crippen molar-refractivity contribution in [2.45, 2.75) is 76.0 Å². The fraction of sp³-hybridized carbons (Fsp3) is 0.484. The lowest BCUT2D eigenvalue weighted by Gasteiger charge is -2.39. The van der Waals surface area contributed by atoms with Crippen molar-refractivity contribution >= 4 is 11.7 Å². The van der Waals surface area contributed by atoms with Gasteiger partial charge in [0.15, 0.2) is 0 Å². The minimum absolute atomic E-state index is 0.0421. The molecular weight excluding hydrogens is 556 g/mol. The van der Waals surface area contributed by atoms with Crippen molar-refractivity contribution in [2.24, 2.45) is 5.92 Å². The van der Waals surface area contributed by atoms with E-state index in [1.807, 2.05) is 0 Å². The Hall–Kier alpha value is -3.60. The van der Waals surface area contributed by atoms with Crippen LogP contribution < -0.4 is 9.64 Å². The number of nitrogens with zero attached hydrogens (tertiary/aromatic N) is 2. The van der Waals surface area contributed by atoms with E-state index in [9.17, 15) is 18.0 Å². The molecule has 1 aliphatic heterocycles. The van der Waals surface area contributed by atoms with E-state index in [0.717, 1.165) is 38.5 Å². The van der Waals surface area contributed by atoms with Crippen molar-refractivity contribution in [2.75, 3.05) is 18.6 Å². The van der Waals surface area contributed by atoms with Crippen molar-refractivity contribution in [1.82, 2.24) is 5.16 Å². The average molecular weight is 589 g/mol. The lowest BCUT2D eigenvalue weighted by molar-refractivity contribution is -0.274. The molecule has 1 aromatic heterocycles. The van der Waals surface area contributed by atoms with Crippen LogP contribution >= 0.6 is 0 Å². The average Bonchev–Trinajstić information content (AvgIpc) is 3.74. The van der Waals surface area contributed by atoms with E-state index in [1.54, 1.807) is 18.2 Å². The summed E-state index contributed by atoms with van der Waals surface area (Å²) in [5.74, 6) is -0.185. The minimum Gasteiger partial charge on any atom is -0.465 e. The summed E-state index contributed by atoms with van der Waals surface area (Å²) < 4.78 is 75.8. The SMILES string of the molecule is COC(=O)c1ccc(N2CCCC3CC(OCc4c(-c5ccccc5OC(F)(F)F)noc4C4CC4)CC2C3)c(F)c1. The van der Waals surface area contributed by atoms with Crippen LogP contribution in [-0.2, 0) is 16.1 Å². The smallest absolute Gasteiger partial charge is 0.465 e. The van der Waals surface area contributed by atoms with Gasteiger partial charge in [0.1, 0.15) is 23.0 Å². The topological polar surface area (TPSA) is 74.0 Å². The summed E-state index contributed by atoms with van der Waals surface area (Å²) in [6.45, 7) is 0.831. The number of ether oxygens (including phenoxy) is 3. The van der Waals surface area contributed by atoms with Crippen LogP contribution in [0.5, 0.6) is 5.75 Å². The van der Waals surface area contributed by atoms with Crippen molar-refractivity contribution in [3.63, 3.8) is 0 Å². The van der Waals surface area contributed by atoms with Crippen LogP contribution in [-0.4, -0.2) is 43.3 Å². The maximum absolute atomic E-state index is 15.2. The zero-order valence-corrected chi connectivity index (χ0v) is 23.2. The Kier molecular flexibility index (Phi) is 7.87. The fourth-order valence-corrected chi connectivity index (χ4v) is 6.43. The third kappa shape index (κ3) is 6.11. The maximum Gasteiger partial charge on any atom is 0.573 e. The predicted octanol–water partition coefficient (Wildman–Crippen LogP) is 7.40. The molecule has 11 heteroatoms. The van der Waals surface area contributed by atoms with E-state index in [2.05, 4.69) is 14.8 Å². The monoisotopic (exact) mass is 588 g/mol. The number of aromatic nitrogens is 1. The standard InChI is InChI=1S/C31H32F4N2O5/c1-39-30(38)20-10-11-26(25(32)15-20)37-12-4-5-18-13-21(37)16-22(14-18)40-17-24-28(36-42-29(24)19-8-9-19)23-6-2-3-7-27(23)41-31(33,34)35/h2-3,6-7,10-11,15,18-19,21-22H,4-5,8-9,12-14,16-17H2,1H3. The van der Waals surface area contributed by atoms with Crippen molar-refractivity contribution in [1.29, 1.82) is 0 Å². The summed E-state index contributed by atoms with van der Waals surface area (Å²) in [6, 6.07) is 10.4. The number of fused-ring (bicyclic) bond motifs is 2. The number of benzene rings is 2. The number of esters is 1.